The SMILES string of the molecule is C=CC(=O)OCC(CC)Oc1ccc(C(=O)Oc2ccc(-c3ccc(C#N)cc3)cc2)cc1C. The average molecular weight is 456 g/mol. The van der Waals surface area contributed by atoms with Crippen LogP contribution in [0.3, 0.4) is 0 Å². The summed E-state index contributed by atoms with van der Waals surface area (Å²) in [6.07, 6.45) is 1.44. The molecule has 1 atom stereocenters. The van der Waals surface area contributed by atoms with Crippen LogP contribution in [0.25, 0.3) is 11.1 Å². The van der Waals surface area contributed by atoms with E-state index in [-0.39, 0.29) is 12.7 Å². The van der Waals surface area contributed by atoms with Crippen molar-refractivity contribution < 1.29 is 23.8 Å². The molecule has 0 aliphatic heterocycles. The number of aryl methyl sites for hydroxylation is 1. The molecule has 172 valence electrons. The van der Waals surface area contributed by atoms with Crippen LogP contribution in [0.2, 0.25) is 0 Å². The fourth-order valence-electron chi connectivity index (χ4n) is 3.18. The lowest BCUT2D eigenvalue weighted by Crippen LogP contribution is -2.24. The topological polar surface area (TPSA) is 85.6 Å². The third-order valence-electron chi connectivity index (χ3n) is 5.15. The quantitative estimate of drug-likeness (QED) is 0.236. The van der Waals surface area contributed by atoms with Gasteiger partial charge in [0.25, 0.3) is 0 Å². The van der Waals surface area contributed by atoms with Crippen molar-refractivity contribution in [2.45, 2.75) is 26.4 Å². The number of rotatable bonds is 9. The highest BCUT2D eigenvalue weighted by Crippen LogP contribution is 2.25. The second-order valence-corrected chi connectivity index (χ2v) is 7.57. The first-order valence-electron chi connectivity index (χ1n) is 10.8. The van der Waals surface area contributed by atoms with E-state index in [1.807, 2.05) is 38.1 Å². The minimum Gasteiger partial charge on any atom is -0.487 e. The number of ether oxygens (including phenoxy) is 3. The van der Waals surface area contributed by atoms with Gasteiger partial charge in [0.05, 0.1) is 17.2 Å². The summed E-state index contributed by atoms with van der Waals surface area (Å²) in [6, 6.07) is 21.6. The van der Waals surface area contributed by atoms with Crippen LogP contribution in [-0.2, 0) is 9.53 Å². The highest BCUT2D eigenvalue weighted by atomic mass is 16.6. The summed E-state index contributed by atoms with van der Waals surface area (Å²) < 4.78 is 16.5. The van der Waals surface area contributed by atoms with Crippen LogP contribution >= 0.6 is 0 Å². The van der Waals surface area contributed by atoms with Crippen molar-refractivity contribution in [1.82, 2.24) is 0 Å². The first-order chi connectivity index (χ1) is 16.4. The summed E-state index contributed by atoms with van der Waals surface area (Å²) in [4.78, 5) is 23.9. The van der Waals surface area contributed by atoms with Crippen molar-refractivity contribution in [3.8, 4) is 28.7 Å². The van der Waals surface area contributed by atoms with Crippen LogP contribution in [0.1, 0.15) is 34.8 Å². The lowest BCUT2D eigenvalue weighted by Gasteiger charge is -2.19. The van der Waals surface area contributed by atoms with E-state index in [1.54, 1.807) is 42.5 Å². The molecular weight excluding hydrogens is 430 g/mol. The van der Waals surface area contributed by atoms with Crippen molar-refractivity contribution in [1.29, 1.82) is 5.26 Å². The largest absolute Gasteiger partial charge is 0.487 e. The van der Waals surface area contributed by atoms with Gasteiger partial charge in [-0.2, -0.15) is 5.26 Å². The van der Waals surface area contributed by atoms with Crippen molar-refractivity contribution in [3.63, 3.8) is 0 Å². The number of benzene rings is 3. The Labute approximate surface area is 199 Å². The van der Waals surface area contributed by atoms with Gasteiger partial charge >= 0.3 is 11.9 Å². The first-order valence-corrected chi connectivity index (χ1v) is 10.8. The van der Waals surface area contributed by atoms with E-state index in [1.165, 1.54) is 0 Å². The van der Waals surface area contributed by atoms with Gasteiger partial charge in [0.1, 0.15) is 24.2 Å². The summed E-state index contributed by atoms with van der Waals surface area (Å²) in [6.45, 7) is 7.25. The molecule has 0 spiro atoms. The predicted molar refractivity (Wildman–Crippen MR) is 129 cm³/mol. The van der Waals surface area contributed by atoms with Gasteiger partial charge in [0.2, 0.25) is 0 Å². The fourth-order valence-corrected chi connectivity index (χ4v) is 3.18. The van der Waals surface area contributed by atoms with Crippen LogP contribution in [0.5, 0.6) is 11.5 Å². The van der Waals surface area contributed by atoms with Crippen LogP contribution < -0.4 is 9.47 Å². The summed E-state index contributed by atoms with van der Waals surface area (Å²) >= 11 is 0. The minimum atomic E-state index is -0.498. The maximum atomic E-state index is 12.6. The lowest BCUT2D eigenvalue weighted by molar-refractivity contribution is -0.140. The number of nitrogens with zero attached hydrogens (tertiary/aromatic N) is 1. The predicted octanol–water partition coefficient (Wildman–Crippen LogP) is 5.64. The number of hydrogen-bond acceptors (Lipinski definition) is 6. The van der Waals surface area contributed by atoms with Crippen LogP contribution in [0, 0.1) is 18.3 Å². The summed E-state index contributed by atoms with van der Waals surface area (Å²) in [5.74, 6) is 0.0507. The standard InChI is InChI=1S/C28H25NO5/c1-4-24(18-32-27(30)5-2)33-26-15-12-23(16-19(26)3)28(31)34-25-13-10-22(11-14-25)21-8-6-20(17-29)7-9-21/h5-16,24H,2,4,18H2,1,3H3. The Balaban J connectivity index is 1.63. The van der Waals surface area contributed by atoms with Gasteiger partial charge in [-0.05, 0) is 72.5 Å². The van der Waals surface area contributed by atoms with Crippen molar-refractivity contribution in [2.75, 3.05) is 6.61 Å². The lowest BCUT2D eigenvalue weighted by atomic mass is 10.0. The molecule has 3 aromatic rings. The van der Waals surface area contributed by atoms with E-state index < -0.39 is 11.9 Å². The molecule has 6 heteroatoms. The summed E-state index contributed by atoms with van der Waals surface area (Å²) in [5, 5.41) is 8.92. The van der Waals surface area contributed by atoms with E-state index >= 15 is 0 Å². The molecule has 1 unspecified atom stereocenters. The molecule has 34 heavy (non-hydrogen) atoms. The molecule has 0 bridgehead atoms. The van der Waals surface area contributed by atoms with Crippen LogP contribution in [0.15, 0.2) is 79.4 Å². The zero-order valence-electron chi connectivity index (χ0n) is 19.1. The molecule has 0 aliphatic carbocycles. The first kappa shape index (κ1) is 24.3. The molecule has 0 amide bonds. The van der Waals surface area contributed by atoms with Gasteiger partial charge in [-0.15, -0.1) is 0 Å². The molecule has 0 N–H and O–H groups in total. The Morgan fingerprint density at radius 3 is 2.24 bits per heavy atom. The Kier molecular flexibility index (Phi) is 8.20. The number of carbonyl (C=O) groups excluding carboxylic acids is 2. The highest BCUT2D eigenvalue weighted by Gasteiger charge is 2.15. The van der Waals surface area contributed by atoms with Gasteiger partial charge in [-0.1, -0.05) is 37.8 Å². The fraction of sp³-hybridized carbons (Fsp3) is 0.179. The molecule has 0 heterocycles. The van der Waals surface area contributed by atoms with E-state index in [2.05, 4.69) is 12.6 Å². The average Bonchev–Trinajstić information content (AvgIpc) is 2.87. The summed E-state index contributed by atoms with van der Waals surface area (Å²) in [5.41, 5.74) is 3.67. The molecule has 0 radical (unpaired) electrons. The molecule has 0 aliphatic rings. The molecule has 0 saturated carbocycles. The second kappa shape index (κ2) is 11.5. The monoisotopic (exact) mass is 455 g/mol. The minimum absolute atomic E-state index is 0.114. The zero-order valence-corrected chi connectivity index (χ0v) is 19.1. The molecule has 0 aromatic heterocycles. The third-order valence-corrected chi connectivity index (χ3v) is 5.15. The van der Waals surface area contributed by atoms with E-state index in [0.717, 1.165) is 22.8 Å². The Bertz CT molecular complexity index is 1210. The molecule has 0 saturated heterocycles. The van der Waals surface area contributed by atoms with Gasteiger partial charge in [0.15, 0.2) is 0 Å². The maximum Gasteiger partial charge on any atom is 0.343 e. The second-order valence-electron chi connectivity index (χ2n) is 7.57. The Hall–Kier alpha value is -4.37. The number of esters is 2. The van der Waals surface area contributed by atoms with E-state index in [4.69, 9.17) is 19.5 Å². The van der Waals surface area contributed by atoms with Crippen LogP contribution in [0.4, 0.5) is 0 Å². The van der Waals surface area contributed by atoms with Gasteiger partial charge in [0, 0.05) is 6.08 Å². The van der Waals surface area contributed by atoms with Crippen molar-refractivity contribution >= 4 is 11.9 Å². The van der Waals surface area contributed by atoms with E-state index in [9.17, 15) is 9.59 Å². The normalized spacial score (nSPS) is 11.1. The molecule has 0 fully saturated rings. The van der Waals surface area contributed by atoms with Crippen LogP contribution in [-0.4, -0.2) is 24.6 Å². The number of carbonyl (C=O) groups is 2. The molecule has 3 aromatic carbocycles. The number of nitriles is 1. The number of hydrogen-bond donors (Lipinski definition) is 0. The highest BCUT2D eigenvalue weighted by molar-refractivity contribution is 5.91. The van der Waals surface area contributed by atoms with Gasteiger partial charge in [-0.25, -0.2) is 9.59 Å². The maximum absolute atomic E-state index is 12.6. The smallest absolute Gasteiger partial charge is 0.343 e. The Morgan fingerprint density at radius 1 is 1.03 bits per heavy atom. The molecule has 3 rings (SSSR count). The van der Waals surface area contributed by atoms with E-state index in [0.29, 0.717) is 29.0 Å². The van der Waals surface area contributed by atoms with Crippen molar-refractivity contribution in [3.05, 3.63) is 96.1 Å². The summed E-state index contributed by atoms with van der Waals surface area (Å²) in [7, 11) is 0. The third kappa shape index (κ3) is 6.33. The molecule has 6 nitrogen and oxygen atoms in total. The van der Waals surface area contributed by atoms with Gasteiger partial charge < -0.3 is 14.2 Å². The Morgan fingerprint density at radius 2 is 1.68 bits per heavy atom. The van der Waals surface area contributed by atoms with Gasteiger partial charge in [-0.3, -0.25) is 0 Å². The molecular formula is C28H25NO5. The van der Waals surface area contributed by atoms with Crippen molar-refractivity contribution in [2.24, 2.45) is 0 Å². The zero-order chi connectivity index (χ0) is 24.5.